The molecule has 0 saturated heterocycles. The van der Waals surface area contributed by atoms with E-state index in [2.05, 4.69) is 5.32 Å². The molecular formula is C24H23NO9. The first-order valence-electron chi connectivity index (χ1n) is 9.84. The van der Waals surface area contributed by atoms with Gasteiger partial charge in [-0.15, -0.1) is 0 Å². The van der Waals surface area contributed by atoms with Crippen LogP contribution in [0.3, 0.4) is 0 Å². The highest BCUT2D eigenvalue weighted by Crippen LogP contribution is 2.44. The van der Waals surface area contributed by atoms with Gasteiger partial charge in [0, 0.05) is 29.8 Å². The maximum Gasteiger partial charge on any atom is 0.339 e. The van der Waals surface area contributed by atoms with Crippen LogP contribution in [0, 0.1) is 0 Å². The molecule has 0 bridgehead atoms. The summed E-state index contributed by atoms with van der Waals surface area (Å²) < 4.78 is 26.7. The van der Waals surface area contributed by atoms with Crippen molar-refractivity contribution in [3.05, 3.63) is 59.7 Å². The molecular weight excluding hydrogens is 446 g/mol. The lowest BCUT2D eigenvalue weighted by Gasteiger charge is -2.17. The minimum absolute atomic E-state index is 0.00344. The molecule has 10 heteroatoms. The molecule has 3 rings (SSSR count). The minimum Gasteiger partial charge on any atom is -0.504 e. The lowest BCUT2D eigenvalue weighted by molar-refractivity contribution is 0.0692. The molecule has 3 N–H and O–H groups in total. The highest BCUT2D eigenvalue weighted by molar-refractivity contribution is 6.07. The van der Waals surface area contributed by atoms with Crippen molar-refractivity contribution in [2.75, 3.05) is 33.8 Å². The third-order valence-corrected chi connectivity index (χ3v) is 4.77. The second-order valence-corrected chi connectivity index (χ2v) is 6.82. The van der Waals surface area contributed by atoms with E-state index in [1.807, 2.05) is 0 Å². The molecule has 10 nitrogen and oxygen atoms in total. The Morgan fingerprint density at radius 2 is 1.44 bits per heavy atom. The lowest BCUT2D eigenvalue weighted by Crippen LogP contribution is -2.14. The maximum absolute atomic E-state index is 13.0. The van der Waals surface area contributed by atoms with Gasteiger partial charge in [0.05, 0.1) is 28.4 Å². The number of phenols is 1. The Hall–Kier alpha value is -4.60. The summed E-state index contributed by atoms with van der Waals surface area (Å²) in [6.07, 6.45) is 0. The Balaban J connectivity index is 1.91. The van der Waals surface area contributed by atoms with Crippen LogP contribution in [0.1, 0.15) is 20.7 Å². The smallest absolute Gasteiger partial charge is 0.339 e. The van der Waals surface area contributed by atoms with Crippen molar-refractivity contribution in [3.8, 4) is 40.2 Å². The topological polar surface area (TPSA) is 133 Å². The van der Waals surface area contributed by atoms with E-state index in [4.69, 9.17) is 23.7 Å². The van der Waals surface area contributed by atoms with Crippen molar-refractivity contribution in [1.82, 2.24) is 0 Å². The molecule has 0 spiro atoms. The number of carboxylic acids is 1. The van der Waals surface area contributed by atoms with Crippen LogP contribution in [0.15, 0.2) is 48.5 Å². The van der Waals surface area contributed by atoms with Gasteiger partial charge in [0.15, 0.2) is 11.5 Å². The van der Waals surface area contributed by atoms with Gasteiger partial charge in [0.25, 0.3) is 5.91 Å². The van der Waals surface area contributed by atoms with Gasteiger partial charge in [-0.3, -0.25) is 4.79 Å². The molecule has 0 aromatic heterocycles. The third-order valence-electron chi connectivity index (χ3n) is 4.77. The number of carbonyl (C=O) groups excluding carboxylic acids is 1. The fourth-order valence-electron chi connectivity index (χ4n) is 3.13. The third kappa shape index (κ3) is 5.07. The number of benzene rings is 3. The SMILES string of the molecule is COc1cc(OC)cc(Oc2cccc(C(=O)Nc3c(OC)cc(C(=O)O)c(O)c3OC)c2)c1. The molecule has 0 unspecified atom stereocenters. The van der Waals surface area contributed by atoms with Crippen LogP contribution in [-0.4, -0.2) is 50.5 Å². The number of rotatable bonds is 9. The molecule has 0 atom stereocenters. The van der Waals surface area contributed by atoms with Crippen LogP contribution < -0.4 is 29.0 Å². The van der Waals surface area contributed by atoms with Gasteiger partial charge in [-0.1, -0.05) is 6.07 Å². The van der Waals surface area contributed by atoms with Gasteiger partial charge in [0.1, 0.15) is 40.0 Å². The van der Waals surface area contributed by atoms with Crippen LogP contribution in [0.4, 0.5) is 5.69 Å². The van der Waals surface area contributed by atoms with E-state index in [0.29, 0.717) is 23.0 Å². The van der Waals surface area contributed by atoms with E-state index in [-0.39, 0.29) is 22.7 Å². The zero-order valence-electron chi connectivity index (χ0n) is 18.9. The van der Waals surface area contributed by atoms with E-state index in [1.165, 1.54) is 34.5 Å². The van der Waals surface area contributed by atoms with E-state index >= 15 is 0 Å². The molecule has 0 fully saturated rings. The van der Waals surface area contributed by atoms with Gasteiger partial charge < -0.3 is 39.2 Å². The van der Waals surface area contributed by atoms with Crippen molar-refractivity contribution >= 4 is 17.6 Å². The van der Waals surface area contributed by atoms with Gasteiger partial charge in [-0.2, -0.15) is 0 Å². The summed E-state index contributed by atoms with van der Waals surface area (Å²) in [5.74, 6) is -0.984. The summed E-state index contributed by atoms with van der Waals surface area (Å²) in [6, 6.07) is 12.5. The average molecular weight is 469 g/mol. The number of methoxy groups -OCH3 is 4. The summed E-state index contributed by atoms with van der Waals surface area (Å²) in [5.41, 5.74) is -0.240. The first-order chi connectivity index (χ1) is 16.3. The number of hydrogen-bond acceptors (Lipinski definition) is 8. The van der Waals surface area contributed by atoms with Crippen LogP contribution in [0.25, 0.3) is 0 Å². The maximum atomic E-state index is 13.0. The molecule has 0 aliphatic heterocycles. The highest BCUT2D eigenvalue weighted by Gasteiger charge is 2.24. The van der Waals surface area contributed by atoms with Crippen molar-refractivity contribution in [1.29, 1.82) is 0 Å². The predicted octanol–water partition coefficient (Wildman–Crippen LogP) is 4.17. The summed E-state index contributed by atoms with van der Waals surface area (Å²) in [6.45, 7) is 0. The van der Waals surface area contributed by atoms with Crippen LogP contribution >= 0.6 is 0 Å². The molecule has 0 heterocycles. The molecule has 3 aromatic carbocycles. The summed E-state index contributed by atoms with van der Waals surface area (Å²) in [5, 5.41) is 22.2. The Morgan fingerprint density at radius 1 is 0.794 bits per heavy atom. The molecule has 0 radical (unpaired) electrons. The second-order valence-electron chi connectivity index (χ2n) is 6.82. The van der Waals surface area contributed by atoms with Gasteiger partial charge in [-0.25, -0.2) is 4.79 Å². The Labute approximate surface area is 195 Å². The Morgan fingerprint density at radius 3 is 2.00 bits per heavy atom. The van der Waals surface area contributed by atoms with E-state index in [9.17, 15) is 19.8 Å². The van der Waals surface area contributed by atoms with Crippen molar-refractivity contribution in [2.45, 2.75) is 0 Å². The quantitative estimate of drug-likeness (QED) is 0.422. The van der Waals surface area contributed by atoms with Crippen molar-refractivity contribution < 1.29 is 43.5 Å². The standard InChI is InChI=1S/C24H23NO9/c1-30-15-9-16(31-2)11-17(10-15)34-14-7-5-6-13(8-14)23(27)25-20-19(32-3)12-18(24(28)29)21(26)22(20)33-4/h5-12,26H,1-4H3,(H,25,27)(H,28,29). The van der Waals surface area contributed by atoms with Crippen LogP contribution in [-0.2, 0) is 0 Å². The summed E-state index contributed by atoms with van der Waals surface area (Å²) in [7, 11) is 5.57. The summed E-state index contributed by atoms with van der Waals surface area (Å²) >= 11 is 0. The average Bonchev–Trinajstić information content (AvgIpc) is 2.84. The van der Waals surface area contributed by atoms with E-state index in [0.717, 1.165) is 6.07 Å². The number of ether oxygens (including phenoxy) is 5. The van der Waals surface area contributed by atoms with E-state index < -0.39 is 23.2 Å². The number of aromatic hydroxyl groups is 1. The monoisotopic (exact) mass is 469 g/mol. The number of amides is 1. The van der Waals surface area contributed by atoms with E-state index in [1.54, 1.807) is 36.4 Å². The molecule has 178 valence electrons. The normalized spacial score (nSPS) is 10.2. The second kappa shape index (κ2) is 10.3. The van der Waals surface area contributed by atoms with Crippen molar-refractivity contribution in [2.24, 2.45) is 0 Å². The predicted molar refractivity (Wildman–Crippen MR) is 122 cm³/mol. The number of hydrogen-bond donors (Lipinski definition) is 3. The molecule has 34 heavy (non-hydrogen) atoms. The summed E-state index contributed by atoms with van der Waals surface area (Å²) in [4.78, 5) is 24.4. The number of carbonyl (C=O) groups is 2. The zero-order chi connectivity index (χ0) is 24.8. The number of aromatic carboxylic acids is 1. The Bertz CT molecular complexity index is 1200. The van der Waals surface area contributed by atoms with Gasteiger partial charge in [-0.05, 0) is 18.2 Å². The zero-order valence-corrected chi connectivity index (χ0v) is 18.9. The lowest BCUT2D eigenvalue weighted by atomic mass is 10.1. The highest BCUT2D eigenvalue weighted by atomic mass is 16.5. The van der Waals surface area contributed by atoms with Gasteiger partial charge in [0.2, 0.25) is 0 Å². The number of carboxylic acid groups (broad SMARTS) is 1. The van der Waals surface area contributed by atoms with Crippen LogP contribution in [0.2, 0.25) is 0 Å². The van der Waals surface area contributed by atoms with Crippen molar-refractivity contribution in [3.63, 3.8) is 0 Å². The molecule has 0 aliphatic carbocycles. The number of nitrogens with one attached hydrogen (secondary N) is 1. The van der Waals surface area contributed by atoms with Gasteiger partial charge >= 0.3 is 5.97 Å². The molecule has 0 aliphatic rings. The number of anilines is 1. The largest absolute Gasteiger partial charge is 0.504 e. The fourth-order valence-corrected chi connectivity index (χ4v) is 3.13. The fraction of sp³-hybridized carbons (Fsp3) is 0.167. The van der Waals surface area contributed by atoms with Crippen LogP contribution in [0.5, 0.6) is 40.2 Å². The Kier molecular flexibility index (Phi) is 7.32. The molecule has 0 saturated carbocycles. The minimum atomic E-state index is -1.38. The first kappa shape index (κ1) is 24.1. The molecule has 1 amide bonds. The first-order valence-corrected chi connectivity index (χ1v) is 9.84. The molecule has 3 aromatic rings.